The van der Waals surface area contributed by atoms with E-state index in [4.69, 9.17) is 0 Å². The second-order valence-corrected chi connectivity index (χ2v) is 6.50. The van der Waals surface area contributed by atoms with E-state index in [2.05, 4.69) is 23.9 Å². The maximum absolute atomic E-state index is 13.2. The molecule has 0 saturated heterocycles. The molecule has 0 radical (unpaired) electrons. The molecule has 0 aliphatic carbocycles. The van der Waals surface area contributed by atoms with E-state index in [0.717, 1.165) is 29.0 Å². The van der Waals surface area contributed by atoms with Crippen molar-refractivity contribution in [2.45, 2.75) is 52.0 Å². The Bertz CT molecular complexity index is 738. The van der Waals surface area contributed by atoms with E-state index in [1.165, 1.54) is 18.0 Å². The topological polar surface area (TPSA) is 41.1 Å². The molecule has 0 fully saturated rings. The van der Waals surface area contributed by atoms with Gasteiger partial charge < -0.3 is 5.32 Å². The molecular weight excluding hydrogens is 354 g/mol. The molecule has 2 N–H and O–H groups in total. The molecule has 2 rings (SSSR count). The van der Waals surface area contributed by atoms with Gasteiger partial charge in [0.1, 0.15) is 0 Å². The summed E-state index contributed by atoms with van der Waals surface area (Å²) in [5, 5.41) is 2.60. The summed E-state index contributed by atoms with van der Waals surface area (Å²) in [6.45, 7) is 10.0. The number of anilines is 1. The molecule has 1 amide bonds. The third kappa shape index (κ3) is 6.42. The Kier molecular flexibility index (Phi) is 9.30. The molecule has 0 aliphatic heterocycles. The van der Waals surface area contributed by atoms with Crippen LogP contribution in [0.5, 0.6) is 0 Å². The molecule has 0 aliphatic rings. The number of nitrogens with one attached hydrogen (secondary N) is 2. The molecule has 142 valence electrons. The van der Waals surface area contributed by atoms with Gasteiger partial charge in [0.05, 0.1) is 0 Å². The molecule has 26 heavy (non-hydrogen) atoms. The normalized spacial score (nSPS) is 11.3. The molecule has 0 spiro atoms. The van der Waals surface area contributed by atoms with E-state index in [-0.39, 0.29) is 11.6 Å². The Morgan fingerprint density at radius 1 is 1.12 bits per heavy atom. The molecule has 2 aromatic carbocycles. The van der Waals surface area contributed by atoms with Crippen LogP contribution in [0.1, 0.15) is 50.0 Å². The lowest BCUT2D eigenvalue weighted by molar-refractivity contribution is 0.102. The highest BCUT2D eigenvalue weighted by atomic mass is 32.2. The Morgan fingerprint density at radius 3 is 2.42 bits per heavy atom. The zero-order chi connectivity index (χ0) is 19.7. The van der Waals surface area contributed by atoms with Crippen molar-refractivity contribution >= 4 is 23.5 Å². The van der Waals surface area contributed by atoms with Gasteiger partial charge in [0.15, 0.2) is 11.6 Å². The van der Waals surface area contributed by atoms with Crippen LogP contribution in [0.4, 0.5) is 14.5 Å². The number of carbonyl (C=O) groups is 1. The minimum Gasteiger partial charge on any atom is -0.322 e. The molecule has 1 unspecified atom stereocenters. The van der Waals surface area contributed by atoms with Crippen molar-refractivity contribution < 1.29 is 13.6 Å². The summed E-state index contributed by atoms with van der Waals surface area (Å²) in [6.07, 6.45) is 1.00. The monoisotopic (exact) mass is 380 g/mol. The fourth-order valence-corrected chi connectivity index (χ4v) is 2.75. The lowest BCUT2D eigenvalue weighted by atomic mass is 10.1. The van der Waals surface area contributed by atoms with Gasteiger partial charge in [0.25, 0.3) is 5.91 Å². The van der Waals surface area contributed by atoms with Crippen molar-refractivity contribution in [3.8, 4) is 0 Å². The first-order chi connectivity index (χ1) is 12.4. The SMILES string of the molecule is CC.CCC(C)NSc1ccc(C)c(C(=O)Nc2ccc(F)c(F)c2)c1. The first-order valence-electron chi connectivity index (χ1n) is 8.70. The lowest BCUT2D eigenvalue weighted by Crippen LogP contribution is -2.17. The fourth-order valence-electron chi connectivity index (χ4n) is 1.93. The number of hydrogen-bond acceptors (Lipinski definition) is 3. The van der Waals surface area contributed by atoms with Gasteiger partial charge >= 0.3 is 0 Å². The number of amides is 1. The summed E-state index contributed by atoms with van der Waals surface area (Å²) in [5.74, 6) is -2.30. The predicted octanol–water partition coefficient (Wildman–Crippen LogP) is 5.95. The molecule has 1 atom stereocenters. The number of carbonyl (C=O) groups excluding carboxylic acids is 1. The summed E-state index contributed by atoms with van der Waals surface area (Å²) >= 11 is 1.46. The summed E-state index contributed by atoms with van der Waals surface area (Å²) in [7, 11) is 0. The van der Waals surface area contributed by atoms with Gasteiger partial charge in [-0.15, -0.1) is 0 Å². The van der Waals surface area contributed by atoms with Crippen LogP contribution in [0, 0.1) is 18.6 Å². The van der Waals surface area contributed by atoms with Crippen molar-refractivity contribution in [1.82, 2.24) is 4.72 Å². The minimum atomic E-state index is -0.994. The zero-order valence-corrected chi connectivity index (χ0v) is 16.6. The van der Waals surface area contributed by atoms with Crippen LogP contribution in [0.2, 0.25) is 0 Å². The number of rotatable bonds is 6. The van der Waals surface area contributed by atoms with Crippen LogP contribution in [0.3, 0.4) is 0 Å². The summed E-state index contributed by atoms with van der Waals surface area (Å²) < 4.78 is 29.5. The highest BCUT2D eigenvalue weighted by molar-refractivity contribution is 7.97. The molecule has 2 aromatic rings. The maximum Gasteiger partial charge on any atom is 0.255 e. The summed E-state index contributed by atoms with van der Waals surface area (Å²) in [4.78, 5) is 13.3. The van der Waals surface area contributed by atoms with E-state index < -0.39 is 11.6 Å². The molecule has 6 heteroatoms. The molecule has 3 nitrogen and oxygen atoms in total. The largest absolute Gasteiger partial charge is 0.322 e. The second-order valence-electron chi connectivity index (χ2n) is 5.59. The van der Waals surface area contributed by atoms with Crippen LogP contribution >= 0.6 is 11.9 Å². The maximum atomic E-state index is 13.2. The van der Waals surface area contributed by atoms with Crippen LogP contribution < -0.4 is 10.0 Å². The van der Waals surface area contributed by atoms with Gasteiger partial charge in [0, 0.05) is 28.3 Å². The van der Waals surface area contributed by atoms with E-state index in [1.807, 2.05) is 32.9 Å². The highest BCUT2D eigenvalue weighted by Crippen LogP contribution is 2.21. The third-order valence-electron chi connectivity index (χ3n) is 3.62. The van der Waals surface area contributed by atoms with Crippen LogP contribution in [-0.2, 0) is 0 Å². The smallest absolute Gasteiger partial charge is 0.255 e. The Morgan fingerprint density at radius 2 is 1.81 bits per heavy atom. The number of aryl methyl sites for hydroxylation is 1. The van der Waals surface area contributed by atoms with E-state index in [0.29, 0.717) is 11.6 Å². The minimum absolute atomic E-state index is 0.217. The third-order valence-corrected chi connectivity index (χ3v) is 4.63. The first-order valence-corrected chi connectivity index (χ1v) is 9.51. The van der Waals surface area contributed by atoms with E-state index in [9.17, 15) is 13.6 Å². The molecule has 0 saturated carbocycles. The molecule has 0 heterocycles. The van der Waals surface area contributed by atoms with Crippen molar-refractivity contribution in [3.05, 3.63) is 59.2 Å². The average Bonchev–Trinajstić information content (AvgIpc) is 2.65. The first kappa shape index (κ1) is 22.1. The van der Waals surface area contributed by atoms with Gasteiger partial charge in [-0.05, 0) is 62.0 Å². The van der Waals surface area contributed by atoms with Crippen LogP contribution in [-0.4, -0.2) is 11.9 Å². The summed E-state index contributed by atoms with van der Waals surface area (Å²) in [6, 6.07) is 9.21. The standard InChI is InChI=1S/C18H20F2N2OS.C2H6/c1-4-12(3)22-24-14-7-5-11(2)15(10-14)18(23)21-13-6-8-16(19)17(20)9-13;1-2/h5-10,12,22H,4H2,1-3H3,(H,21,23);1-2H3. The van der Waals surface area contributed by atoms with Crippen LogP contribution in [0.15, 0.2) is 41.3 Å². The number of hydrogen-bond donors (Lipinski definition) is 2. The van der Waals surface area contributed by atoms with Crippen LogP contribution in [0.25, 0.3) is 0 Å². The molecule has 0 aromatic heterocycles. The molecular formula is C20H26F2N2OS. The lowest BCUT2D eigenvalue weighted by Gasteiger charge is -2.12. The van der Waals surface area contributed by atoms with Gasteiger partial charge in [-0.2, -0.15) is 0 Å². The Labute approximate surface area is 158 Å². The Hall–Kier alpha value is -1.92. The molecule has 0 bridgehead atoms. The fraction of sp³-hybridized carbons (Fsp3) is 0.350. The predicted molar refractivity (Wildman–Crippen MR) is 106 cm³/mol. The van der Waals surface area contributed by atoms with E-state index >= 15 is 0 Å². The van der Waals surface area contributed by atoms with Crippen molar-refractivity contribution in [2.24, 2.45) is 0 Å². The van der Waals surface area contributed by atoms with Crippen molar-refractivity contribution in [1.29, 1.82) is 0 Å². The van der Waals surface area contributed by atoms with Crippen molar-refractivity contribution in [3.63, 3.8) is 0 Å². The second kappa shape index (κ2) is 10.9. The highest BCUT2D eigenvalue weighted by Gasteiger charge is 2.12. The van der Waals surface area contributed by atoms with Gasteiger partial charge in [-0.25, -0.2) is 8.78 Å². The van der Waals surface area contributed by atoms with Gasteiger partial charge in [0.2, 0.25) is 0 Å². The van der Waals surface area contributed by atoms with E-state index in [1.54, 1.807) is 6.07 Å². The number of benzene rings is 2. The van der Waals surface area contributed by atoms with Gasteiger partial charge in [-0.3, -0.25) is 9.52 Å². The zero-order valence-electron chi connectivity index (χ0n) is 15.8. The average molecular weight is 381 g/mol. The Balaban J connectivity index is 0.00000163. The van der Waals surface area contributed by atoms with Gasteiger partial charge in [-0.1, -0.05) is 26.8 Å². The quantitative estimate of drug-likeness (QED) is 0.609. The van der Waals surface area contributed by atoms with Crippen molar-refractivity contribution in [2.75, 3.05) is 5.32 Å². The summed E-state index contributed by atoms with van der Waals surface area (Å²) in [5.41, 5.74) is 1.52. The number of halogens is 2.